The van der Waals surface area contributed by atoms with E-state index in [4.69, 9.17) is 4.43 Å². The Morgan fingerprint density at radius 1 is 1.08 bits per heavy atom. The van der Waals surface area contributed by atoms with Crippen molar-refractivity contribution in [1.82, 2.24) is 0 Å². The van der Waals surface area contributed by atoms with Crippen LogP contribution in [0.5, 0.6) is 0 Å². The van der Waals surface area contributed by atoms with E-state index >= 15 is 0 Å². The Labute approximate surface area is 236 Å². The van der Waals surface area contributed by atoms with Crippen molar-refractivity contribution in [3.63, 3.8) is 0 Å². The van der Waals surface area contributed by atoms with Crippen LogP contribution in [0.15, 0.2) is 22.8 Å². The van der Waals surface area contributed by atoms with E-state index in [9.17, 15) is 8.42 Å². The topological polar surface area (TPSA) is 43.4 Å². The fraction of sp³-hybridized carbons (Fsp3) is 0.879. The van der Waals surface area contributed by atoms with Gasteiger partial charge in [0, 0.05) is 6.10 Å². The molecular formula is C33H58O3SSi. The molecule has 3 aliphatic carbocycles. The summed E-state index contributed by atoms with van der Waals surface area (Å²) in [4.78, 5) is 0. The van der Waals surface area contributed by atoms with E-state index in [0.717, 1.165) is 43.4 Å². The number of rotatable bonds is 8. The highest BCUT2D eigenvalue weighted by Crippen LogP contribution is 2.60. The minimum Gasteiger partial charge on any atom is -0.414 e. The van der Waals surface area contributed by atoms with Gasteiger partial charge in [0.15, 0.2) is 18.2 Å². The van der Waals surface area contributed by atoms with Crippen molar-refractivity contribution in [1.29, 1.82) is 0 Å². The lowest BCUT2D eigenvalue weighted by molar-refractivity contribution is 0.0926. The van der Waals surface area contributed by atoms with Crippen LogP contribution in [-0.4, -0.2) is 33.8 Å². The molecule has 0 saturated heterocycles. The van der Waals surface area contributed by atoms with Crippen LogP contribution in [0.4, 0.5) is 0 Å². The summed E-state index contributed by atoms with van der Waals surface area (Å²) in [7, 11) is -5.04. The molecular weight excluding hydrogens is 505 g/mol. The molecule has 4 aliphatic rings. The van der Waals surface area contributed by atoms with E-state index in [2.05, 4.69) is 67.6 Å². The van der Waals surface area contributed by atoms with Gasteiger partial charge in [-0.25, -0.2) is 8.42 Å². The number of hydrogen-bond donors (Lipinski definition) is 0. The van der Waals surface area contributed by atoms with Crippen molar-refractivity contribution in [2.45, 2.75) is 149 Å². The molecule has 0 amide bonds. The largest absolute Gasteiger partial charge is 0.414 e. The first-order valence-electron chi connectivity index (χ1n) is 15.9. The van der Waals surface area contributed by atoms with Gasteiger partial charge in [-0.05, 0) is 104 Å². The summed E-state index contributed by atoms with van der Waals surface area (Å²) >= 11 is 0. The highest BCUT2D eigenvalue weighted by atomic mass is 32.2. The van der Waals surface area contributed by atoms with E-state index in [0.29, 0.717) is 11.3 Å². The third kappa shape index (κ3) is 6.10. The van der Waals surface area contributed by atoms with Gasteiger partial charge in [0.25, 0.3) is 0 Å². The van der Waals surface area contributed by atoms with E-state index < -0.39 is 23.4 Å². The average molecular weight is 563 g/mol. The monoisotopic (exact) mass is 562 g/mol. The summed E-state index contributed by atoms with van der Waals surface area (Å²) in [6.07, 6.45) is 15.3. The molecule has 38 heavy (non-hydrogen) atoms. The van der Waals surface area contributed by atoms with Crippen LogP contribution >= 0.6 is 0 Å². The number of allylic oxidation sites excluding steroid dienone is 1. The van der Waals surface area contributed by atoms with Crippen LogP contribution < -0.4 is 0 Å². The molecule has 0 N–H and O–H groups in total. The maximum Gasteiger partial charge on any atom is 0.192 e. The van der Waals surface area contributed by atoms with Crippen molar-refractivity contribution in [2.24, 2.45) is 29.1 Å². The standard InChI is InChI=1S/C33H58O3SSi/c1-23(2)12-10-13-24(3)29-17-18-30-25(14-11-19-33(29,30)7)20-31-28-21-27(36-38(8,9)32(4,5)6)16-15-26(28)22-37(31,34)35/h20,23-24,27,29-31H,10-19,21-22H2,1-9H3/b25-20+/t24-,27+,29-,30+,31-,33-/m1/s1. The van der Waals surface area contributed by atoms with E-state index in [1.807, 2.05) is 0 Å². The molecule has 1 heterocycles. The van der Waals surface area contributed by atoms with Gasteiger partial charge in [-0.15, -0.1) is 0 Å². The number of sulfone groups is 1. The zero-order valence-corrected chi connectivity index (χ0v) is 28.0. The molecule has 6 atom stereocenters. The van der Waals surface area contributed by atoms with Gasteiger partial charge in [0.1, 0.15) is 5.25 Å². The molecule has 5 heteroatoms. The van der Waals surface area contributed by atoms with Crippen molar-refractivity contribution >= 4 is 18.2 Å². The maximum atomic E-state index is 13.6. The van der Waals surface area contributed by atoms with Crippen molar-refractivity contribution in [3.8, 4) is 0 Å². The smallest absolute Gasteiger partial charge is 0.192 e. The van der Waals surface area contributed by atoms with Crippen LogP contribution in [0, 0.1) is 29.1 Å². The highest BCUT2D eigenvalue weighted by molar-refractivity contribution is 7.92. The van der Waals surface area contributed by atoms with Crippen molar-refractivity contribution in [3.05, 3.63) is 22.8 Å². The van der Waals surface area contributed by atoms with Gasteiger partial charge in [-0.3, -0.25) is 0 Å². The molecule has 2 fully saturated rings. The Morgan fingerprint density at radius 2 is 1.79 bits per heavy atom. The molecule has 4 rings (SSSR count). The first kappa shape index (κ1) is 30.6. The zero-order valence-electron chi connectivity index (χ0n) is 26.2. The average Bonchev–Trinajstić information content (AvgIpc) is 3.26. The molecule has 0 radical (unpaired) electrons. The summed E-state index contributed by atoms with van der Waals surface area (Å²) in [6.45, 7) is 21.2. The lowest BCUT2D eigenvalue weighted by Crippen LogP contribution is -2.44. The minimum absolute atomic E-state index is 0.169. The molecule has 0 bridgehead atoms. The molecule has 3 nitrogen and oxygen atoms in total. The minimum atomic E-state index is -3.16. The fourth-order valence-electron chi connectivity index (χ4n) is 8.38. The van der Waals surface area contributed by atoms with Gasteiger partial charge in [-0.2, -0.15) is 0 Å². The Kier molecular flexibility index (Phi) is 8.94. The Bertz CT molecular complexity index is 1030. The van der Waals surface area contributed by atoms with Crippen LogP contribution in [0.2, 0.25) is 18.1 Å². The van der Waals surface area contributed by atoms with Crippen LogP contribution in [0.3, 0.4) is 0 Å². The SMILES string of the molecule is CC(C)CCC[C@@H](C)[C@H]1CC[C@H]2/C(=C/[C@@H]3C4=C(CC[C@H](O[Si](C)(C)C(C)(C)C)C4)CS3(=O)=O)CCC[C@]12C. The van der Waals surface area contributed by atoms with Crippen molar-refractivity contribution < 1.29 is 12.8 Å². The highest BCUT2D eigenvalue weighted by Gasteiger charge is 2.51. The summed E-state index contributed by atoms with van der Waals surface area (Å²) in [5, 5.41) is -0.231. The molecule has 0 spiro atoms. The van der Waals surface area contributed by atoms with Gasteiger partial charge in [0.2, 0.25) is 0 Å². The normalized spacial score (nSPS) is 35.6. The second kappa shape index (κ2) is 11.1. The second-order valence-electron chi connectivity index (χ2n) is 15.7. The maximum absolute atomic E-state index is 13.6. The van der Waals surface area contributed by atoms with E-state index in [-0.39, 0.29) is 16.9 Å². The third-order valence-electron chi connectivity index (χ3n) is 11.6. The first-order chi connectivity index (χ1) is 17.5. The molecule has 0 aromatic carbocycles. The molecule has 218 valence electrons. The predicted molar refractivity (Wildman–Crippen MR) is 165 cm³/mol. The van der Waals surface area contributed by atoms with Crippen LogP contribution in [0.1, 0.15) is 119 Å². The summed E-state index contributed by atoms with van der Waals surface area (Å²) in [5.41, 5.74) is 4.23. The third-order valence-corrected chi connectivity index (χ3v) is 18.1. The Morgan fingerprint density at radius 3 is 2.45 bits per heavy atom. The van der Waals surface area contributed by atoms with Crippen LogP contribution in [0.25, 0.3) is 0 Å². The fourth-order valence-corrected chi connectivity index (χ4v) is 11.8. The Hall–Kier alpha value is -0.393. The molecule has 1 aliphatic heterocycles. The molecule has 0 unspecified atom stereocenters. The van der Waals surface area contributed by atoms with E-state index in [1.54, 1.807) is 0 Å². The van der Waals surface area contributed by atoms with Crippen molar-refractivity contribution in [2.75, 3.05) is 5.75 Å². The van der Waals surface area contributed by atoms with Gasteiger partial charge in [-0.1, -0.05) is 85.0 Å². The molecule has 0 aromatic rings. The molecule has 0 aromatic heterocycles. The number of hydrogen-bond acceptors (Lipinski definition) is 3. The Balaban J connectivity index is 1.53. The summed E-state index contributed by atoms with van der Waals surface area (Å²) < 4.78 is 33.9. The summed E-state index contributed by atoms with van der Waals surface area (Å²) in [6, 6.07) is 0. The van der Waals surface area contributed by atoms with Gasteiger partial charge >= 0.3 is 0 Å². The predicted octanol–water partition coefficient (Wildman–Crippen LogP) is 9.26. The lowest BCUT2D eigenvalue weighted by atomic mass is 9.60. The number of fused-ring (bicyclic) bond motifs is 1. The second-order valence-corrected chi connectivity index (χ2v) is 22.6. The van der Waals surface area contributed by atoms with Crippen LogP contribution in [-0.2, 0) is 14.3 Å². The first-order valence-corrected chi connectivity index (χ1v) is 20.5. The molecule has 2 saturated carbocycles. The van der Waals surface area contributed by atoms with E-state index in [1.165, 1.54) is 61.7 Å². The summed E-state index contributed by atoms with van der Waals surface area (Å²) in [5.74, 6) is 3.17. The van der Waals surface area contributed by atoms with Gasteiger partial charge < -0.3 is 4.43 Å². The quantitative estimate of drug-likeness (QED) is 0.219. The zero-order chi connectivity index (χ0) is 28.1. The van der Waals surface area contributed by atoms with Gasteiger partial charge in [0.05, 0.1) is 5.75 Å². The lowest BCUT2D eigenvalue weighted by Gasteiger charge is -2.45.